The third kappa shape index (κ3) is 2.14. The second-order valence-corrected chi connectivity index (χ2v) is 5.62. The van der Waals surface area contributed by atoms with E-state index in [1.54, 1.807) is 6.92 Å². The smallest absolute Gasteiger partial charge is 0.306 e. The number of rotatable bonds is 2. The van der Waals surface area contributed by atoms with Gasteiger partial charge in [0.2, 0.25) is 0 Å². The highest BCUT2D eigenvalue weighted by Crippen LogP contribution is 2.42. The first kappa shape index (κ1) is 13.1. The van der Waals surface area contributed by atoms with Crippen LogP contribution < -0.4 is 0 Å². The average molecular weight is 248 g/mol. The maximum Gasteiger partial charge on any atom is 0.306 e. The molecular formula is C15H20O3. The van der Waals surface area contributed by atoms with Gasteiger partial charge in [0, 0.05) is 6.42 Å². The Balaban J connectivity index is 2.32. The maximum absolute atomic E-state index is 11.8. The Kier molecular flexibility index (Phi) is 3.42. The topological polar surface area (TPSA) is 54.4 Å². The van der Waals surface area contributed by atoms with Gasteiger partial charge in [-0.2, -0.15) is 0 Å². The number of carboxylic acid groups (broad SMARTS) is 1. The van der Waals surface area contributed by atoms with E-state index in [4.69, 9.17) is 5.11 Å². The van der Waals surface area contributed by atoms with Crippen LogP contribution in [0.1, 0.15) is 33.6 Å². The Morgan fingerprint density at radius 3 is 2.67 bits per heavy atom. The predicted molar refractivity (Wildman–Crippen MR) is 69.0 cm³/mol. The molecule has 2 aliphatic carbocycles. The lowest BCUT2D eigenvalue weighted by molar-refractivity contribution is -0.142. The molecule has 1 unspecified atom stereocenters. The average Bonchev–Trinajstić information content (AvgIpc) is 2.50. The molecule has 0 saturated heterocycles. The molecule has 0 aromatic heterocycles. The van der Waals surface area contributed by atoms with Crippen molar-refractivity contribution >= 4 is 11.8 Å². The van der Waals surface area contributed by atoms with E-state index in [0.717, 1.165) is 12.0 Å². The van der Waals surface area contributed by atoms with Crippen LogP contribution in [0.4, 0.5) is 0 Å². The number of aliphatic carboxylic acids is 1. The Labute approximate surface area is 108 Å². The summed E-state index contributed by atoms with van der Waals surface area (Å²) in [6.45, 7) is 5.74. The summed E-state index contributed by atoms with van der Waals surface area (Å²) in [5.41, 5.74) is 2.06. The molecule has 1 N–H and O–H groups in total. The highest BCUT2D eigenvalue weighted by molar-refractivity contribution is 5.98. The Morgan fingerprint density at radius 2 is 2.06 bits per heavy atom. The molecule has 18 heavy (non-hydrogen) atoms. The summed E-state index contributed by atoms with van der Waals surface area (Å²) in [6, 6.07) is 0. The zero-order valence-corrected chi connectivity index (χ0v) is 11.1. The number of carbonyl (C=O) groups excluding carboxylic acids is 1. The zero-order chi connectivity index (χ0) is 13.4. The number of carboxylic acids is 1. The van der Waals surface area contributed by atoms with E-state index in [9.17, 15) is 9.59 Å². The fourth-order valence-electron chi connectivity index (χ4n) is 3.04. The molecule has 2 aliphatic rings. The van der Waals surface area contributed by atoms with Crippen molar-refractivity contribution in [3.8, 4) is 0 Å². The minimum atomic E-state index is -0.765. The Hall–Kier alpha value is -1.38. The van der Waals surface area contributed by atoms with Crippen LogP contribution in [0.2, 0.25) is 0 Å². The van der Waals surface area contributed by atoms with Crippen LogP contribution in [0.25, 0.3) is 0 Å². The fourth-order valence-corrected chi connectivity index (χ4v) is 3.04. The summed E-state index contributed by atoms with van der Waals surface area (Å²) in [5.74, 6) is -0.307. The molecule has 0 amide bonds. The summed E-state index contributed by atoms with van der Waals surface area (Å²) < 4.78 is 0. The van der Waals surface area contributed by atoms with Gasteiger partial charge in [0.15, 0.2) is 5.78 Å². The normalized spacial score (nSPS) is 33.3. The number of hydrogen-bond acceptors (Lipinski definition) is 2. The number of allylic oxidation sites excluding steroid dienone is 4. The number of Topliss-reactive ketones (excluding diaryl/α,β-unsaturated/α-hetero) is 1. The summed E-state index contributed by atoms with van der Waals surface area (Å²) in [5, 5.41) is 9.13. The number of fused-ring (bicyclic) bond motifs is 1. The van der Waals surface area contributed by atoms with Crippen LogP contribution in [-0.2, 0) is 9.59 Å². The van der Waals surface area contributed by atoms with Crippen molar-refractivity contribution in [2.24, 2.45) is 23.7 Å². The van der Waals surface area contributed by atoms with Crippen LogP contribution >= 0.6 is 0 Å². The summed E-state index contributed by atoms with van der Waals surface area (Å²) in [7, 11) is 0. The number of hydrogen-bond donors (Lipinski definition) is 1. The second kappa shape index (κ2) is 4.71. The van der Waals surface area contributed by atoms with Crippen LogP contribution in [-0.4, -0.2) is 16.9 Å². The largest absolute Gasteiger partial charge is 0.481 e. The van der Waals surface area contributed by atoms with Crippen molar-refractivity contribution in [3.05, 3.63) is 23.3 Å². The van der Waals surface area contributed by atoms with Crippen molar-refractivity contribution in [2.75, 3.05) is 0 Å². The van der Waals surface area contributed by atoms with Crippen LogP contribution in [0.3, 0.4) is 0 Å². The molecule has 4 atom stereocenters. The van der Waals surface area contributed by atoms with Crippen LogP contribution in [0.5, 0.6) is 0 Å². The lowest BCUT2D eigenvalue weighted by Gasteiger charge is -2.20. The van der Waals surface area contributed by atoms with Crippen LogP contribution in [0, 0.1) is 23.7 Å². The molecule has 0 spiro atoms. The molecule has 0 saturated carbocycles. The van der Waals surface area contributed by atoms with Crippen molar-refractivity contribution in [1.82, 2.24) is 0 Å². The lowest BCUT2D eigenvalue weighted by atomic mass is 9.84. The van der Waals surface area contributed by atoms with Crippen molar-refractivity contribution in [3.63, 3.8) is 0 Å². The Morgan fingerprint density at radius 1 is 1.39 bits per heavy atom. The van der Waals surface area contributed by atoms with E-state index < -0.39 is 11.9 Å². The predicted octanol–water partition coefficient (Wildman–Crippen LogP) is 2.82. The third-order valence-corrected chi connectivity index (χ3v) is 4.54. The van der Waals surface area contributed by atoms with Gasteiger partial charge in [-0.05, 0) is 36.7 Å². The van der Waals surface area contributed by atoms with Crippen LogP contribution in [0.15, 0.2) is 23.3 Å². The van der Waals surface area contributed by atoms with E-state index in [1.807, 2.05) is 13.0 Å². The molecular weight excluding hydrogens is 228 g/mol. The summed E-state index contributed by atoms with van der Waals surface area (Å²) in [6.07, 6.45) is 5.44. The first-order valence-corrected chi connectivity index (χ1v) is 6.55. The molecule has 0 fully saturated rings. The molecule has 3 heteroatoms. The zero-order valence-electron chi connectivity index (χ0n) is 11.1. The minimum absolute atomic E-state index is 0.00537. The Bertz CT molecular complexity index is 445. The first-order valence-electron chi connectivity index (χ1n) is 6.55. The van der Waals surface area contributed by atoms with Gasteiger partial charge in [0.1, 0.15) is 0 Å². The molecule has 0 aliphatic heterocycles. The molecule has 0 aromatic carbocycles. The first-order chi connectivity index (χ1) is 8.41. The van der Waals surface area contributed by atoms with Gasteiger partial charge in [-0.3, -0.25) is 9.59 Å². The van der Waals surface area contributed by atoms with E-state index in [0.29, 0.717) is 18.3 Å². The third-order valence-electron chi connectivity index (χ3n) is 4.54. The van der Waals surface area contributed by atoms with E-state index in [-0.39, 0.29) is 11.7 Å². The van der Waals surface area contributed by atoms with E-state index in [2.05, 4.69) is 13.0 Å². The molecule has 98 valence electrons. The van der Waals surface area contributed by atoms with Gasteiger partial charge in [-0.25, -0.2) is 0 Å². The van der Waals surface area contributed by atoms with Crippen molar-refractivity contribution in [2.45, 2.75) is 33.6 Å². The van der Waals surface area contributed by atoms with Gasteiger partial charge >= 0.3 is 5.97 Å². The summed E-state index contributed by atoms with van der Waals surface area (Å²) in [4.78, 5) is 22.9. The maximum atomic E-state index is 11.8. The number of carbonyl (C=O) groups is 2. The fraction of sp³-hybridized carbons (Fsp3) is 0.600. The van der Waals surface area contributed by atoms with E-state index in [1.165, 1.54) is 5.57 Å². The monoisotopic (exact) mass is 248 g/mol. The molecule has 0 radical (unpaired) electrons. The van der Waals surface area contributed by atoms with Crippen molar-refractivity contribution < 1.29 is 14.7 Å². The highest BCUT2D eigenvalue weighted by Gasteiger charge is 2.36. The highest BCUT2D eigenvalue weighted by atomic mass is 16.4. The quantitative estimate of drug-likeness (QED) is 0.764. The molecule has 0 heterocycles. The number of ketones is 1. The lowest BCUT2D eigenvalue weighted by Crippen LogP contribution is -2.19. The molecule has 0 bridgehead atoms. The van der Waals surface area contributed by atoms with E-state index >= 15 is 0 Å². The van der Waals surface area contributed by atoms with Gasteiger partial charge in [0.25, 0.3) is 0 Å². The molecule has 3 nitrogen and oxygen atoms in total. The van der Waals surface area contributed by atoms with Crippen molar-refractivity contribution in [1.29, 1.82) is 0 Å². The SMILES string of the molecule is CC1=C2C[C@H](C(C)C(=O)O)C=C[C@H](C)[C@H]2CC1=O. The van der Waals surface area contributed by atoms with Gasteiger partial charge in [-0.15, -0.1) is 0 Å². The standard InChI is InChI=1S/C15H20O3/c1-8-4-5-11(9(2)15(17)18)6-13-10(3)14(16)7-12(8)13/h4-5,8-9,11-12H,6-7H2,1-3H3,(H,17,18)/t8-,9?,11+,12+/m0/s1. The summed E-state index contributed by atoms with van der Waals surface area (Å²) >= 11 is 0. The molecule has 2 rings (SSSR count). The van der Waals surface area contributed by atoms with Gasteiger partial charge in [-0.1, -0.05) is 31.6 Å². The second-order valence-electron chi connectivity index (χ2n) is 5.62. The van der Waals surface area contributed by atoms with Gasteiger partial charge in [0.05, 0.1) is 5.92 Å². The molecule has 0 aromatic rings. The minimum Gasteiger partial charge on any atom is -0.481 e. The van der Waals surface area contributed by atoms with Gasteiger partial charge < -0.3 is 5.11 Å².